The second-order valence-electron chi connectivity index (χ2n) is 4.60. The average molecular weight is 280 g/mol. The van der Waals surface area contributed by atoms with Crippen LogP contribution in [0.3, 0.4) is 0 Å². The predicted molar refractivity (Wildman–Crippen MR) is 86.4 cm³/mol. The lowest BCUT2D eigenvalue weighted by molar-refractivity contribution is 0.214. The molecule has 0 aliphatic carbocycles. The molecule has 2 heteroatoms. The van der Waals surface area contributed by atoms with Crippen LogP contribution < -0.4 is 0 Å². The minimum absolute atomic E-state index is 0.109. The Labute approximate surface area is 124 Å². The Morgan fingerprint density at radius 2 is 1.55 bits per heavy atom. The van der Waals surface area contributed by atoms with E-state index in [4.69, 9.17) is 4.74 Å². The molecule has 1 aliphatic heterocycles. The Hall–Kier alpha value is -1.93. The average Bonchev–Trinajstić information content (AvgIpc) is 2.98. The van der Waals surface area contributed by atoms with Crippen molar-refractivity contribution in [2.75, 3.05) is 5.75 Å². The normalized spacial score (nSPS) is 17.6. The number of benzene rings is 2. The molecule has 2 aromatic rings. The van der Waals surface area contributed by atoms with Crippen LogP contribution in [0.25, 0.3) is 5.57 Å². The van der Waals surface area contributed by atoms with Gasteiger partial charge in [0.1, 0.15) is 6.10 Å². The van der Waals surface area contributed by atoms with Gasteiger partial charge in [-0.15, -0.1) is 0 Å². The third kappa shape index (κ3) is 2.66. The van der Waals surface area contributed by atoms with Crippen LogP contribution in [0.2, 0.25) is 0 Å². The van der Waals surface area contributed by atoms with Gasteiger partial charge < -0.3 is 4.74 Å². The van der Waals surface area contributed by atoms with Crippen molar-refractivity contribution < 1.29 is 4.74 Å². The summed E-state index contributed by atoms with van der Waals surface area (Å²) in [6.07, 6.45) is 1.98. The zero-order chi connectivity index (χ0) is 13.8. The maximum Gasteiger partial charge on any atom is 0.162 e. The number of hydrogen-bond acceptors (Lipinski definition) is 2. The van der Waals surface area contributed by atoms with Gasteiger partial charge in [0.05, 0.1) is 0 Å². The molecule has 20 heavy (non-hydrogen) atoms. The molecule has 0 spiro atoms. The number of hydrogen-bond donors (Lipinski definition) is 0. The molecule has 100 valence electrons. The Balaban J connectivity index is 2.10. The van der Waals surface area contributed by atoms with Crippen LogP contribution in [0.5, 0.6) is 0 Å². The Morgan fingerprint density at radius 3 is 2.00 bits per heavy atom. The van der Waals surface area contributed by atoms with Crippen molar-refractivity contribution in [3.8, 4) is 0 Å². The van der Waals surface area contributed by atoms with Gasteiger partial charge in [0, 0.05) is 11.3 Å². The van der Waals surface area contributed by atoms with Crippen molar-refractivity contribution >= 4 is 17.3 Å². The summed E-state index contributed by atoms with van der Waals surface area (Å²) in [5, 5.41) is 0.993. The lowest BCUT2D eigenvalue weighted by Crippen LogP contribution is -2.02. The molecule has 0 aromatic heterocycles. The standard InChI is InChI=1S/C18H16OS/c1-2-16-13-20-18(19-16)17(14-9-5-3-6-10-14)15-11-7-4-8-12-15/h2-12,16H,1,13H2. The highest BCUT2D eigenvalue weighted by atomic mass is 32.2. The van der Waals surface area contributed by atoms with Crippen LogP contribution in [-0.2, 0) is 4.74 Å². The fourth-order valence-electron chi connectivity index (χ4n) is 2.22. The van der Waals surface area contributed by atoms with Crippen molar-refractivity contribution in [3.63, 3.8) is 0 Å². The maximum absolute atomic E-state index is 6.01. The summed E-state index contributed by atoms with van der Waals surface area (Å²) >= 11 is 1.76. The van der Waals surface area contributed by atoms with Gasteiger partial charge in [0.2, 0.25) is 0 Å². The van der Waals surface area contributed by atoms with Crippen molar-refractivity contribution in [3.05, 3.63) is 89.5 Å². The minimum atomic E-state index is 0.109. The molecule has 0 saturated carbocycles. The number of ether oxygens (including phenoxy) is 1. The minimum Gasteiger partial charge on any atom is -0.479 e. The third-order valence-electron chi connectivity index (χ3n) is 3.23. The summed E-state index contributed by atoms with van der Waals surface area (Å²) in [7, 11) is 0. The number of rotatable bonds is 3. The van der Waals surface area contributed by atoms with Crippen LogP contribution in [-0.4, -0.2) is 11.9 Å². The largest absolute Gasteiger partial charge is 0.479 e. The molecule has 0 N–H and O–H groups in total. The Kier molecular flexibility index (Phi) is 3.93. The molecule has 1 saturated heterocycles. The second kappa shape index (κ2) is 6.02. The first kappa shape index (κ1) is 13.1. The molecule has 1 heterocycles. The van der Waals surface area contributed by atoms with Crippen LogP contribution in [0.4, 0.5) is 0 Å². The monoisotopic (exact) mass is 280 g/mol. The van der Waals surface area contributed by atoms with Gasteiger partial charge in [-0.1, -0.05) is 85.1 Å². The molecule has 1 fully saturated rings. The molecular weight excluding hydrogens is 264 g/mol. The SMILES string of the molecule is C=CC1CSC(=C(c2ccccc2)c2ccccc2)O1. The summed E-state index contributed by atoms with van der Waals surface area (Å²) in [6, 6.07) is 20.8. The van der Waals surface area contributed by atoms with E-state index >= 15 is 0 Å². The van der Waals surface area contributed by atoms with Crippen molar-refractivity contribution in [2.24, 2.45) is 0 Å². The summed E-state index contributed by atoms with van der Waals surface area (Å²) in [4.78, 5) is 0. The highest BCUT2D eigenvalue weighted by Crippen LogP contribution is 2.38. The van der Waals surface area contributed by atoms with Crippen LogP contribution in [0.15, 0.2) is 78.4 Å². The molecule has 0 bridgehead atoms. The molecule has 2 aromatic carbocycles. The molecule has 0 amide bonds. The van der Waals surface area contributed by atoms with E-state index in [1.165, 1.54) is 16.7 Å². The fraction of sp³-hybridized carbons (Fsp3) is 0.111. The molecule has 1 aliphatic rings. The molecule has 0 radical (unpaired) electrons. The van der Waals surface area contributed by atoms with Crippen molar-refractivity contribution in [1.29, 1.82) is 0 Å². The van der Waals surface area contributed by atoms with E-state index in [9.17, 15) is 0 Å². The Bertz CT molecular complexity index is 575. The third-order valence-corrected chi connectivity index (χ3v) is 4.29. The summed E-state index contributed by atoms with van der Waals surface area (Å²) in [5.74, 6) is 0.933. The highest BCUT2D eigenvalue weighted by Gasteiger charge is 2.23. The van der Waals surface area contributed by atoms with Crippen molar-refractivity contribution in [1.82, 2.24) is 0 Å². The summed E-state index contributed by atoms with van der Waals surface area (Å²) < 4.78 is 6.01. The molecule has 1 atom stereocenters. The van der Waals surface area contributed by atoms with Gasteiger partial charge in [0.25, 0.3) is 0 Å². The second-order valence-corrected chi connectivity index (χ2v) is 5.59. The first-order valence-corrected chi connectivity index (χ1v) is 7.64. The van der Waals surface area contributed by atoms with E-state index in [-0.39, 0.29) is 6.10 Å². The molecule has 1 unspecified atom stereocenters. The van der Waals surface area contributed by atoms with Gasteiger partial charge in [-0.2, -0.15) is 0 Å². The zero-order valence-corrected chi connectivity index (χ0v) is 12.0. The molecule has 3 rings (SSSR count). The van der Waals surface area contributed by atoms with Crippen molar-refractivity contribution in [2.45, 2.75) is 6.10 Å². The van der Waals surface area contributed by atoms with Crippen LogP contribution in [0.1, 0.15) is 11.1 Å². The van der Waals surface area contributed by atoms with E-state index in [2.05, 4.69) is 55.1 Å². The Morgan fingerprint density at radius 1 is 1.00 bits per heavy atom. The predicted octanol–water partition coefficient (Wildman–Crippen LogP) is 4.72. The quantitative estimate of drug-likeness (QED) is 0.752. The van der Waals surface area contributed by atoms with E-state index in [0.29, 0.717) is 0 Å². The summed E-state index contributed by atoms with van der Waals surface area (Å²) in [5.41, 5.74) is 3.54. The van der Waals surface area contributed by atoms with E-state index in [1.807, 2.05) is 18.2 Å². The zero-order valence-electron chi connectivity index (χ0n) is 11.2. The lowest BCUT2D eigenvalue weighted by atomic mass is 9.99. The van der Waals surface area contributed by atoms with Gasteiger partial charge in [-0.05, 0) is 11.1 Å². The van der Waals surface area contributed by atoms with Gasteiger partial charge in [-0.3, -0.25) is 0 Å². The van der Waals surface area contributed by atoms with Gasteiger partial charge in [-0.25, -0.2) is 0 Å². The van der Waals surface area contributed by atoms with Crippen LogP contribution in [0, 0.1) is 0 Å². The van der Waals surface area contributed by atoms with Gasteiger partial charge >= 0.3 is 0 Å². The maximum atomic E-state index is 6.01. The smallest absolute Gasteiger partial charge is 0.162 e. The van der Waals surface area contributed by atoms with E-state index in [1.54, 1.807) is 11.8 Å². The summed E-state index contributed by atoms with van der Waals surface area (Å²) in [6.45, 7) is 3.82. The topological polar surface area (TPSA) is 9.23 Å². The first-order chi connectivity index (χ1) is 9.88. The van der Waals surface area contributed by atoms with E-state index < -0.39 is 0 Å². The van der Waals surface area contributed by atoms with Gasteiger partial charge in [0.15, 0.2) is 5.09 Å². The lowest BCUT2D eigenvalue weighted by Gasteiger charge is -2.12. The fourth-order valence-corrected chi connectivity index (χ4v) is 3.31. The first-order valence-electron chi connectivity index (χ1n) is 6.65. The highest BCUT2D eigenvalue weighted by molar-refractivity contribution is 8.03. The van der Waals surface area contributed by atoms with Crippen LogP contribution >= 0.6 is 11.8 Å². The van der Waals surface area contributed by atoms with E-state index in [0.717, 1.165) is 10.8 Å². The molecule has 1 nitrogen and oxygen atoms in total. The number of thioether (sulfide) groups is 1. The molecular formula is C18H16OS.